The number of thioether (sulfide) groups is 1. The average molecular weight is 401 g/mol. The second-order valence-corrected chi connectivity index (χ2v) is 8.15. The van der Waals surface area contributed by atoms with Crippen LogP contribution in [0.5, 0.6) is 0 Å². The van der Waals surface area contributed by atoms with Gasteiger partial charge in [0.15, 0.2) is 5.16 Å². The van der Waals surface area contributed by atoms with Crippen LogP contribution in [0.15, 0.2) is 58.5 Å². The topological polar surface area (TPSA) is 44.1 Å². The molecular formula is C21H21ClN2O2S. The van der Waals surface area contributed by atoms with Gasteiger partial charge in [-0.15, -0.1) is 0 Å². The van der Waals surface area contributed by atoms with E-state index in [9.17, 15) is 4.79 Å². The van der Waals surface area contributed by atoms with E-state index in [0.29, 0.717) is 17.0 Å². The van der Waals surface area contributed by atoms with E-state index in [0.717, 1.165) is 41.4 Å². The van der Waals surface area contributed by atoms with Gasteiger partial charge < -0.3 is 4.74 Å². The van der Waals surface area contributed by atoms with Crippen molar-refractivity contribution in [2.45, 2.75) is 37.1 Å². The van der Waals surface area contributed by atoms with Crippen LogP contribution in [-0.4, -0.2) is 28.0 Å². The Morgan fingerprint density at radius 2 is 1.96 bits per heavy atom. The monoisotopic (exact) mass is 400 g/mol. The first-order valence-corrected chi connectivity index (χ1v) is 10.6. The lowest BCUT2D eigenvalue weighted by atomic mass is 10.1. The van der Waals surface area contributed by atoms with Crippen molar-refractivity contribution in [3.8, 4) is 0 Å². The number of benzene rings is 2. The van der Waals surface area contributed by atoms with Gasteiger partial charge in [0.1, 0.15) is 0 Å². The van der Waals surface area contributed by atoms with Gasteiger partial charge in [0.05, 0.1) is 23.6 Å². The van der Waals surface area contributed by atoms with Gasteiger partial charge in [0.2, 0.25) is 0 Å². The predicted octanol–water partition coefficient (Wildman–Crippen LogP) is 4.76. The number of fused-ring (bicyclic) bond motifs is 1. The van der Waals surface area contributed by atoms with Gasteiger partial charge in [-0.1, -0.05) is 47.6 Å². The molecule has 0 spiro atoms. The Bertz CT molecular complexity index is 982. The summed E-state index contributed by atoms with van der Waals surface area (Å²) in [4.78, 5) is 17.9. The van der Waals surface area contributed by atoms with E-state index in [1.807, 2.05) is 48.5 Å². The van der Waals surface area contributed by atoms with E-state index >= 15 is 0 Å². The summed E-state index contributed by atoms with van der Waals surface area (Å²) in [5.74, 6) is 0.811. The summed E-state index contributed by atoms with van der Waals surface area (Å²) in [5, 5.41) is 2.07. The Morgan fingerprint density at radius 3 is 2.74 bits per heavy atom. The van der Waals surface area contributed by atoms with Crippen molar-refractivity contribution in [3.05, 3.63) is 69.5 Å². The molecule has 4 rings (SSSR count). The maximum Gasteiger partial charge on any atom is 0.262 e. The van der Waals surface area contributed by atoms with Crippen molar-refractivity contribution in [2.75, 3.05) is 12.4 Å². The third-order valence-corrected chi connectivity index (χ3v) is 6.11. The van der Waals surface area contributed by atoms with Crippen molar-refractivity contribution in [3.63, 3.8) is 0 Å². The molecule has 27 heavy (non-hydrogen) atoms. The Labute approximate surface area is 167 Å². The zero-order chi connectivity index (χ0) is 18.6. The molecule has 6 heteroatoms. The van der Waals surface area contributed by atoms with Gasteiger partial charge in [-0.2, -0.15) is 0 Å². The van der Waals surface area contributed by atoms with Crippen LogP contribution in [0.25, 0.3) is 10.9 Å². The Balaban J connectivity index is 1.68. The van der Waals surface area contributed by atoms with Crippen LogP contribution in [0.2, 0.25) is 5.02 Å². The minimum atomic E-state index is -0.0115. The van der Waals surface area contributed by atoms with Crippen molar-refractivity contribution in [1.82, 2.24) is 9.55 Å². The molecule has 0 amide bonds. The third kappa shape index (κ3) is 4.37. The highest BCUT2D eigenvalue weighted by Gasteiger charge is 2.17. The van der Waals surface area contributed by atoms with E-state index in [1.165, 1.54) is 6.42 Å². The molecule has 0 radical (unpaired) electrons. The molecule has 0 N–H and O–H groups in total. The largest absolute Gasteiger partial charge is 0.377 e. The molecule has 2 aromatic carbocycles. The summed E-state index contributed by atoms with van der Waals surface area (Å²) in [6.07, 6.45) is 3.64. The number of rotatable bonds is 5. The van der Waals surface area contributed by atoms with Gasteiger partial charge in [-0.25, -0.2) is 4.98 Å². The molecule has 3 aromatic rings. The fourth-order valence-electron chi connectivity index (χ4n) is 3.28. The third-order valence-electron chi connectivity index (χ3n) is 4.75. The second kappa shape index (κ2) is 8.46. The SMILES string of the molecule is O=c1c2ccccc2nc(SCC2CCCCO2)n1Cc1ccc(Cl)cc1. The number of ether oxygens (including phenoxy) is 1. The summed E-state index contributed by atoms with van der Waals surface area (Å²) >= 11 is 7.60. The lowest BCUT2D eigenvalue weighted by Gasteiger charge is -2.22. The molecule has 1 aliphatic heterocycles. The molecule has 140 valence electrons. The average Bonchev–Trinajstić information content (AvgIpc) is 2.71. The molecule has 0 aliphatic carbocycles. The first kappa shape index (κ1) is 18.5. The Morgan fingerprint density at radius 1 is 1.15 bits per heavy atom. The molecule has 1 atom stereocenters. The fourth-order valence-corrected chi connectivity index (χ4v) is 4.47. The van der Waals surface area contributed by atoms with Crippen molar-refractivity contribution in [1.29, 1.82) is 0 Å². The highest BCUT2D eigenvalue weighted by molar-refractivity contribution is 7.99. The fraction of sp³-hybridized carbons (Fsp3) is 0.333. The van der Waals surface area contributed by atoms with Crippen LogP contribution in [-0.2, 0) is 11.3 Å². The second-order valence-electron chi connectivity index (χ2n) is 6.73. The highest BCUT2D eigenvalue weighted by atomic mass is 35.5. The van der Waals surface area contributed by atoms with Gasteiger partial charge in [0, 0.05) is 17.4 Å². The van der Waals surface area contributed by atoms with E-state index < -0.39 is 0 Å². The molecule has 1 unspecified atom stereocenters. The quantitative estimate of drug-likeness (QED) is 0.457. The zero-order valence-electron chi connectivity index (χ0n) is 14.9. The summed E-state index contributed by atoms with van der Waals surface area (Å²) in [6, 6.07) is 15.1. The minimum absolute atomic E-state index is 0.0115. The van der Waals surface area contributed by atoms with Gasteiger partial charge in [0.25, 0.3) is 5.56 Å². The predicted molar refractivity (Wildman–Crippen MR) is 111 cm³/mol. The van der Waals surface area contributed by atoms with Crippen molar-refractivity contribution >= 4 is 34.3 Å². The maximum atomic E-state index is 13.1. The van der Waals surface area contributed by atoms with E-state index in [-0.39, 0.29) is 11.7 Å². The number of hydrogen-bond donors (Lipinski definition) is 0. The van der Waals surface area contributed by atoms with Gasteiger partial charge in [-0.05, 0) is 49.1 Å². The van der Waals surface area contributed by atoms with Gasteiger partial charge in [-0.3, -0.25) is 9.36 Å². The number of halogens is 1. The van der Waals surface area contributed by atoms with E-state index in [2.05, 4.69) is 0 Å². The molecule has 2 heterocycles. The Hall–Kier alpha value is -1.82. The molecule has 0 saturated carbocycles. The lowest BCUT2D eigenvalue weighted by Crippen LogP contribution is -2.26. The van der Waals surface area contributed by atoms with Crippen LogP contribution < -0.4 is 5.56 Å². The molecule has 1 aromatic heterocycles. The van der Waals surface area contributed by atoms with Crippen LogP contribution in [0.4, 0.5) is 0 Å². The zero-order valence-corrected chi connectivity index (χ0v) is 16.5. The number of nitrogens with zero attached hydrogens (tertiary/aromatic N) is 2. The number of aromatic nitrogens is 2. The molecule has 1 saturated heterocycles. The van der Waals surface area contributed by atoms with Crippen LogP contribution in [0.3, 0.4) is 0 Å². The van der Waals surface area contributed by atoms with Crippen LogP contribution in [0, 0.1) is 0 Å². The first-order chi connectivity index (χ1) is 13.2. The molecule has 0 bridgehead atoms. The Kier molecular flexibility index (Phi) is 5.81. The summed E-state index contributed by atoms with van der Waals surface area (Å²) in [5.41, 5.74) is 1.75. The molecular weight excluding hydrogens is 380 g/mol. The summed E-state index contributed by atoms with van der Waals surface area (Å²) in [6.45, 7) is 1.30. The maximum absolute atomic E-state index is 13.1. The standard InChI is InChI=1S/C21H21ClN2O2S/c22-16-10-8-15(9-11-16)13-24-20(25)18-6-1-2-7-19(18)23-21(24)27-14-17-5-3-4-12-26-17/h1-2,6-11,17H,3-5,12-14H2. The normalized spacial score (nSPS) is 17.3. The van der Waals surface area contributed by atoms with Crippen LogP contribution in [0.1, 0.15) is 24.8 Å². The van der Waals surface area contributed by atoms with Crippen LogP contribution >= 0.6 is 23.4 Å². The summed E-state index contributed by atoms with van der Waals surface area (Å²) in [7, 11) is 0. The minimum Gasteiger partial charge on any atom is -0.377 e. The van der Waals surface area contributed by atoms with Gasteiger partial charge >= 0.3 is 0 Å². The highest BCUT2D eigenvalue weighted by Crippen LogP contribution is 2.24. The number of para-hydroxylation sites is 1. The van der Waals surface area contributed by atoms with Crippen molar-refractivity contribution in [2.24, 2.45) is 0 Å². The molecule has 1 fully saturated rings. The summed E-state index contributed by atoms with van der Waals surface area (Å²) < 4.78 is 7.60. The smallest absolute Gasteiger partial charge is 0.262 e. The van der Waals surface area contributed by atoms with Crippen molar-refractivity contribution < 1.29 is 4.74 Å². The van der Waals surface area contributed by atoms with E-state index in [1.54, 1.807) is 16.3 Å². The molecule has 4 nitrogen and oxygen atoms in total. The van der Waals surface area contributed by atoms with E-state index in [4.69, 9.17) is 21.3 Å². The lowest BCUT2D eigenvalue weighted by molar-refractivity contribution is 0.0315. The first-order valence-electron chi connectivity index (χ1n) is 9.19. The molecule has 1 aliphatic rings. The number of hydrogen-bond acceptors (Lipinski definition) is 4.